The molecular weight excluding hydrogens is 265 g/mol. The van der Waals surface area contributed by atoms with Crippen LogP contribution in [0.5, 0.6) is 5.75 Å². The van der Waals surface area contributed by atoms with Gasteiger partial charge >= 0.3 is 0 Å². The largest absolute Gasteiger partial charge is 0.497 e. The van der Waals surface area contributed by atoms with E-state index in [0.29, 0.717) is 5.92 Å². The van der Waals surface area contributed by atoms with E-state index in [1.165, 1.54) is 6.07 Å². The first kappa shape index (κ1) is 15.5. The van der Waals surface area contributed by atoms with Crippen molar-refractivity contribution in [3.8, 4) is 17.0 Å². The number of aromatic nitrogens is 1. The Hall–Kier alpha value is -1.90. The number of nitrogens with zero attached hydrogens (tertiary/aromatic N) is 1. The molecule has 0 saturated carbocycles. The van der Waals surface area contributed by atoms with Crippen LogP contribution in [0.3, 0.4) is 0 Å². The summed E-state index contributed by atoms with van der Waals surface area (Å²) in [5, 5.41) is 0. The lowest BCUT2D eigenvalue weighted by molar-refractivity contribution is 0.371. The first-order valence-corrected chi connectivity index (χ1v) is 7.16. The second-order valence-electron chi connectivity index (χ2n) is 6.15. The molecule has 0 fully saturated rings. The van der Waals surface area contributed by atoms with Gasteiger partial charge in [0.1, 0.15) is 11.6 Å². The Morgan fingerprint density at radius 1 is 1.14 bits per heavy atom. The molecule has 0 atom stereocenters. The molecule has 0 aliphatic carbocycles. The van der Waals surface area contributed by atoms with Crippen molar-refractivity contribution < 1.29 is 9.13 Å². The zero-order chi connectivity index (χ0) is 15.6. The zero-order valence-electron chi connectivity index (χ0n) is 13.3. The lowest BCUT2D eigenvalue weighted by atomic mass is 9.73. The second kappa shape index (κ2) is 5.84. The van der Waals surface area contributed by atoms with E-state index >= 15 is 0 Å². The highest BCUT2D eigenvalue weighted by atomic mass is 19.1. The molecule has 0 N–H and O–H groups in total. The number of hydrogen-bond donors (Lipinski definition) is 0. The molecule has 0 bridgehead atoms. The van der Waals surface area contributed by atoms with Crippen LogP contribution >= 0.6 is 0 Å². The maximum Gasteiger partial charge on any atom is 0.123 e. The molecule has 0 unspecified atom stereocenters. The van der Waals surface area contributed by atoms with Crippen LogP contribution in [0.1, 0.15) is 33.3 Å². The Kier molecular flexibility index (Phi) is 4.31. The third-order valence-corrected chi connectivity index (χ3v) is 4.36. The molecule has 0 aliphatic heterocycles. The molecule has 0 amide bonds. The summed E-state index contributed by atoms with van der Waals surface area (Å²) in [4.78, 5) is 4.42. The number of benzene rings is 1. The van der Waals surface area contributed by atoms with Crippen LogP contribution in [0.15, 0.2) is 36.5 Å². The minimum absolute atomic E-state index is 0.151. The Morgan fingerprint density at radius 3 is 2.48 bits per heavy atom. The highest BCUT2D eigenvalue weighted by Crippen LogP contribution is 2.38. The van der Waals surface area contributed by atoms with E-state index in [-0.39, 0.29) is 11.2 Å². The van der Waals surface area contributed by atoms with Crippen LogP contribution in [0.25, 0.3) is 11.3 Å². The summed E-state index contributed by atoms with van der Waals surface area (Å²) < 4.78 is 19.0. The van der Waals surface area contributed by atoms with Crippen LogP contribution < -0.4 is 4.74 Å². The van der Waals surface area contributed by atoms with Crippen molar-refractivity contribution in [3.63, 3.8) is 0 Å². The van der Waals surface area contributed by atoms with Gasteiger partial charge in [-0.2, -0.15) is 0 Å². The molecule has 0 radical (unpaired) electrons. The lowest BCUT2D eigenvalue weighted by Gasteiger charge is -2.32. The Labute approximate surface area is 126 Å². The lowest BCUT2D eigenvalue weighted by Crippen LogP contribution is -2.25. The molecule has 2 aromatic rings. The maximum atomic E-state index is 13.8. The van der Waals surface area contributed by atoms with Crippen LogP contribution in [0.2, 0.25) is 0 Å². The van der Waals surface area contributed by atoms with Crippen molar-refractivity contribution in [2.45, 2.75) is 33.1 Å². The summed E-state index contributed by atoms with van der Waals surface area (Å²) in [5.74, 6) is 0.909. The van der Waals surface area contributed by atoms with Gasteiger partial charge in [0.15, 0.2) is 0 Å². The molecule has 0 saturated heterocycles. The SMILES string of the molecule is COc1ccnc(-c2ccc(F)cc2C(C)(C)C(C)C)c1. The van der Waals surface area contributed by atoms with Gasteiger partial charge in [-0.1, -0.05) is 27.7 Å². The summed E-state index contributed by atoms with van der Waals surface area (Å²) in [7, 11) is 1.63. The maximum absolute atomic E-state index is 13.8. The Morgan fingerprint density at radius 2 is 1.86 bits per heavy atom. The molecule has 3 heteroatoms. The predicted molar refractivity (Wildman–Crippen MR) is 84.0 cm³/mol. The van der Waals surface area contributed by atoms with Gasteiger partial charge in [-0.25, -0.2) is 4.39 Å². The fraction of sp³-hybridized carbons (Fsp3) is 0.389. The smallest absolute Gasteiger partial charge is 0.123 e. The van der Waals surface area contributed by atoms with E-state index < -0.39 is 0 Å². The number of halogens is 1. The van der Waals surface area contributed by atoms with Crippen molar-refractivity contribution in [1.29, 1.82) is 0 Å². The van der Waals surface area contributed by atoms with Crippen molar-refractivity contribution in [3.05, 3.63) is 47.9 Å². The van der Waals surface area contributed by atoms with E-state index in [4.69, 9.17) is 4.74 Å². The van der Waals surface area contributed by atoms with E-state index in [2.05, 4.69) is 32.7 Å². The minimum atomic E-state index is -0.217. The Bertz CT molecular complexity index is 635. The topological polar surface area (TPSA) is 22.1 Å². The second-order valence-corrected chi connectivity index (χ2v) is 6.15. The van der Waals surface area contributed by atoms with Crippen molar-refractivity contribution in [1.82, 2.24) is 4.98 Å². The fourth-order valence-electron chi connectivity index (χ4n) is 2.27. The normalized spacial score (nSPS) is 11.8. The average Bonchev–Trinajstić information content (AvgIpc) is 2.47. The molecule has 112 valence electrons. The zero-order valence-corrected chi connectivity index (χ0v) is 13.3. The molecule has 1 heterocycles. The van der Waals surface area contributed by atoms with E-state index in [9.17, 15) is 4.39 Å². The first-order valence-electron chi connectivity index (χ1n) is 7.16. The van der Waals surface area contributed by atoms with E-state index in [1.54, 1.807) is 31.5 Å². The Balaban J connectivity index is 2.63. The fourth-order valence-corrected chi connectivity index (χ4v) is 2.27. The summed E-state index contributed by atoms with van der Waals surface area (Å²) in [6.45, 7) is 8.56. The number of hydrogen-bond acceptors (Lipinski definition) is 2. The monoisotopic (exact) mass is 287 g/mol. The molecule has 1 aromatic carbocycles. The van der Waals surface area contributed by atoms with Gasteiger partial charge in [-0.3, -0.25) is 4.98 Å². The third kappa shape index (κ3) is 3.07. The van der Waals surface area contributed by atoms with Gasteiger partial charge in [0.25, 0.3) is 0 Å². The summed E-state index contributed by atoms with van der Waals surface area (Å²) >= 11 is 0. The van der Waals surface area contributed by atoms with Gasteiger partial charge in [-0.05, 0) is 41.2 Å². The number of ether oxygens (including phenoxy) is 1. The predicted octanol–water partition coefficient (Wildman–Crippen LogP) is 4.83. The van der Waals surface area contributed by atoms with E-state index in [0.717, 1.165) is 22.6 Å². The standard InChI is InChI=1S/C18H22FNO/c1-12(2)18(3,4)16-10-13(19)6-7-15(16)17-11-14(21-5)8-9-20-17/h6-12H,1-5H3. The van der Waals surface area contributed by atoms with Crippen molar-refractivity contribution >= 4 is 0 Å². The minimum Gasteiger partial charge on any atom is -0.497 e. The van der Waals surface area contributed by atoms with Gasteiger partial charge in [0.2, 0.25) is 0 Å². The summed E-state index contributed by atoms with van der Waals surface area (Å²) in [6.07, 6.45) is 1.71. The highest BCUT2D eigenvalue weighted by molar-refractivity contribution is 5.66. The molecule has 21 heavy (non-hydrogen) atoms. The summed E-state index contributed by atoms with van der Waals surface area (Å²) in [5.41, 5.74) is 2.58. The van der Waals surface area contributed by atoms with Crippen molar-refractivity contribution in [2.24, 2.45) is 5.92 Å². The highest BCUT2D eigenvalue weighted by Gasteiger charge is 2.28. The van der Waals surface area contributed by atoms with Crippen LogP contribution in [0, 0.1) is 11.7 Å². The average molecular weight is 287 g/mol. The molecule has 2 nitrogen and oxygen atoms in total. The number of pyridine rings is 1. The molecular formula is C18H22FNO. The van der Waals surface area contributed by atoms with Crippen molar-refractivity contribution in [2.75, 3.05) is 7.11 Å². The molecule has 0 spiro atoms. The molecule has 2 rings (SSSR count). The van der Waals surface area contributed by atoms with Gasteiger partial charge in [0, 0.05) is 17.8 Å². The van der Waals surface area contributed by atoms with E-state index in [1.807, 2.05) is 6.07 Å². The van der Waals surface area contributed by atoms with Crippen LogP contribution in [-0.4, -0.2) is 12.1 Å². The van der Waals surface area contributed by atoms with Gasteiger partial charge in [0.05, 0.1) is 12.8 Å². The van der Waals surface area contributed by atoms with Gasteiger partial charge in [-0.15, -0.1) is 0 Å². The number of rotatable bonds is 4. The first-order chi connectivity index (χ1) is 9.86. The molecule has 0 aliphatic rings. The quantitative estimate of drug-likeness (QED) is 0.803. The molecule has 1 aromatic heterocycles. The van der Waals surface area contributed by atoms with Crippen LogP contribution in [-0.2, 0) is 5.41 Å². The number of methoxy groups -OCH3 is 1. The van der Waals surface area contributed by atoms with Gasteiger partial charge < -0.3 is 4.74 Å². The third-order valence-electron chi connectivity index (χ3n) is 4.36. The van der Waals surface area contributed by atoms with Crippen LogP contribution in [0.4, 0.5) is 4.39 Å². The summed E-state index contributed by atoms with van der Waals surface area (Å²) in [6, 6.07) is 8.59.